The highest BCUT2D eigenvalue weighted by Gasteiger charge is 2.23. The number of rotatable bonds is 6. The van der Waals surface area contributed by atoms with Crippen molar-refractivity contribution in [1.29, 1.82) is 0 Å². The number of amides is 1. The van der Waals surface area contributed by atoms with Gasteiger partial charge in [0.05, 0.1) is 26.2 Å². The van der Waals surface area contributed by atoms with Crippen molar-refractivity contribution in [2.45, 2.75) is 19.3 Å². The lowest BCUT2D eigenvalue weighted by molar-refractivity contribution is -0.114. The second-order valence-corrected chi connectivity index (χ2v) is 7.06. The van der Waals surface area contributed by atoms with Crippen molar-refractivity contribution < 1.29 is 9.53 Å². The summed E-state index contributed by atoms with van der Waals surface area (Å²) in [4.78, 5) is 32.4. The van der Waals surface area contributed by atoms with Crippen LogP contribution in [0.15, 0.2) is 30.9 Å². The number of carbonyl (C=O) groups is 1. The van der Waals surface area contributed by atoms with Gasteiger partial charge in [-0.15, -0.1) is 0 Å². The molecule has 0 saturated heterocycles. The van der Waals surface area contributed by atoms with Crippen molar-refractivity contribution >= 4 is 17.5 Å². The predicted molar refractivity (Wildman–Crippen MR) is 109 cm³/mol. The summed E-state index contributed by atoms with van der Waals surface area (Å²) in [5.74, 6) is 2.32. The third kappa shape index (κ3) is 4.03. The number of ether oxygens (including phenoxy) is 1. The SMILES string of the molecule is COc1ccc(NC(=O)CN(C)c2nc(-c3cn(C)cn3)nc3c2CCC3)nc1. The topological polar surface area (TPSA) is 98.1 Å². The maximum absolute atomic E-state index is 12.5. The molecule has 0 bridgehead atoms. The average Bonchev–Trinajstić information content (AvgIpc) is 3.36. The number of imidazole rings is 1. The van der Waals surface area contributed by atoms with Gasteiger partial charge in [0.15, 0.2) is 5.82 Å². The highest BCUT2D eigenvalue weighted by atomic mass is 16.5. The number of aromatic nitrogens is 5. The van der Waals surface area contributed by atoms with Crippen LogP contribution in [0.25, 0.3) is 11.5 Å². The first-order valence-corrected chi connectivity index (χ1v) is 9.42. The summed E-state index contributed by atoms with van der Waals surface area (Å²) in [6.45, 7) is 0.152. The smallest absolute Gasteiger partial charge is 0.245 e. The number of aryl methyl sites for hydroxylation is 2. The second-order valence-electron chi connectivity index (χ2n) is 7.06. The summed E-state index contributed by atoms with van der Waals surface area (Å²) in [6, 6.07) is 3.46. The van der Waals surface area contributed by atoms with Gasteiger partial charge in [-0.2, -0.15) is 0 Å². The van der Waals surface area contributed by atoms with Gasteiger partial charge in [0.2, 0.25) is 5.91 Å². The molecule has 150 valence electrons. The van der Waals surface area contributed by atoms with Crippen molar-refractivity contribution in [2.24, 2.45) is 7.05 Å². The van der Waals surface area contributed by atoms with Crippen molar-refractivity contribution in [2.75, 3.05) is 30.9 Å². The maximum Gasteiger partial charge on any atom is 0.245 e. The Bertz CT molecular complexity index is 1030. The molecule has 3 aromatic rings. The standard InChI is InChI=1S/C20H23N7O2/c1-26-10-16(22-12-26)19-23-15-6-4-5-14(15)20(25-19)27(2)11-18(28)24-17-8-7-13(29-3)9-21-17/h7-10,12H,4-6,11H2,1-3H3,(H,21,24,28). The van der Waals surface area contributed by atoms with Gasteiger partial charge in [-0.1, -0.05) is 0 Å². The van der Waals surface area contributed by atoms with E-state index in [9.17, 15) is 4.79 Å². The fourth-order valence-corrected chi connectivity index (χ4v) is 3.42. The molecule has 0 spiro atoms. The molecule has 0 atom stereocenters. The van der Waals surface area contributed by atoms with Gasteiger partial charge in [0.1, 0.15) is 23.1 Å². The van der Waals surface area contributed by atoms with Gasteiger partial charge >= 0.3 is 0 Å². The predicted octanol–water partition coefficient (Wildman–Crippen LogP) is 1.84. The van der Waals surface area contributed by atoms with Crippen molar-refractivity contribution in [1.82, 2.24) is 24.5 Å². The molecule has 1 amide bonds. The van der Waals surface area contributed by atoms with Gasteiger partial charge in [0.25, 0.3) is 0 Å². The van der Waals surface area contributed by atoms with Crippen LogP contribution in [-0.2, 0) is 24.7 Å². The summed E-state index contributed by atoms with van der Waals surface area (Å²) in [5, 5.41) is 2.80. The van der Waals surface area contributed by atoms with Crippen LogP contribution < -0.4 is 15.0 Å². The third-order valence-corrected chi connectivity index (χ3v) is 4.83. The molecule has 3 aromatic heterocycles. The first kappa shape index (κ1) is 18.9. The molecule has 9 heteroatoms. The number of hydrogen-bond donors (Lipinski definition) is 1. The molecule has 1 N–H and O–H groups in total. The molecule has 0 fully saturated rings. The van der Waals surface area contributed by atoms with Gasteiger partial charge in [0, 0.05) is 31.5 Å². The zero-order chi connectivity index (χ0) is 20.4. The molecule has 0 aliphatic heterocycles. The lowest BCUT2D eigenvalue weighted by Crippen LogP contribution is -2.31. The van der Waals surface area contributed by atoms with E-state index >= 15 is 0 Å². The minimum absolute atomic E-state index is 0.152. The van der Waals surface area contributed by atoms with E-state index in [0.29, 0.717) is 17.4 Å². The van der Waals surface area contributed by atoms with E-state index in [1.807, 2.05) is 29.8 Å². The number of likely N-dealkylation sites (N-methyl/N-ethyl adjacent to an activating group) is 1. The van der Waals surface area contributed by atoms with E-state index in [4.69, 9.17) is 14.7 Å². The zero-order valence-corrected chi connectivity index (χ0v) is 16.7. The van der Waals surface area contributed by atoms with Crippen LogP contribution >= 0.6 is 0 Å². The number of nitrogens with one attached hydrogen (secondary N) is 1. The molecule has 3 heterocycles. The summed E-state index contributed by atoms with van der Waals surface area (Å²) in [6.07, 6.45) is 8.06. The Balaban J connectivity index is 1.53. The first-order chi connectivity index (χ1) is 14.0. The second kappa shape index (κ2) is 7.86. The number of pyridine rings is 1. The summed E-state index contributed by atoms with van der Waals surface area (Å²) in [5.41, 5.74) is 2.88. The fraction of sp³-hybridized carbons (Fsp3) is 0.350. The molecule has 29 heavy (non-hydrogen) atoms. The summed E-state index contributed by atoms with van der Waals surface area (Å²) >= 11 is 0. The molecule has 0 radical (unpaired) electrons. The first-order valence-electron chi connectivity index (χ1n) is 9.42. The normalized spacial score (nSPS) is 12.5. The van der Waals surface area contributed by atoms with Gasteiger partial charge in [-0.05, 0) is 31.4 Å². The Morgan fingerprint density at radius 2 is 2.14 bits per heavy atom. The molecular formula is C20H23N7O2. The van der Waals surface area contributed by atoms with E-state index in [-0.39, 0.29) is 12.5 Å². The lowest BCUT2D eigenvalue weighted by Gasteiger charge is -2.21. The molecule has 0 saturated carbocycles. The Kier molecular flexibility index (Phi) is 5.11. The van der Waals surface area contributed by atoms with E-state index in [1.54, 1.807) is 31.8 Å². The highest BCUT2D eigenvalue weighted by molar-refractivity contribution is 5.93. The Morgan fingerprint density at radius 1 is 1.28 bits per heavy atom. The number of methoxy groups -OCH3 is 1. The van der Waals surface area contributed by atoms with Crippen LogP contribution in [0, 0.1) is 0 Å². The van der Waals surface area contributed by atoms with Crippen LogP contribution in [0.3, 0.4) is 0 Å². The summed E-state index contributed by atoms with van der Waals surface area (Å²) in [7, 11) is 5.35. The van der Waals surface area contributed by atoms with Gasteiger partial charge in [-0.3, -0.25) is 4.79 Å². The van der Waals surface area contributed by atoms with Crippen molar-refractivity contribution in [3.05, 3.63) is 42.1 Å². The molecule has 0 aromatic carbocycles. The van der Waals surface area contributed by atoms with Crippen molar-refractivity contribution in [3.8, 4) is 17.3 Å². The number of nitrogens with zero attached hydrogens (tertiary/aromatic N) is 6. The minimum atomic E-state index is -0.171. The highest BCUT2D eigenvalue weighted by Crippen LogP contribution is 2.30. The Morgan fingerprint density at radius 3 is 2.83 bits per heavy atom. The fourth-order valence-electron chi connectivity index (χ4n) is 3.42. The quantitative estimate of drug-likeness (QED) is 0.682. The number of carbonyl (C=O) groups excluding carboxylic acids is 1. The lowest BCUT2D eigenvalue weighted by atomic mass is 10.2. The number of anilines is 2. The van der Waals surface area contributed by atoms with Crippen LogP contribution in [0.1, 0.15) is 17.7 Å². The largest absolute Gasteiger partial charge is 0.495 e. The molecule has 1 aliphatic carbocycles. The van der Waals surface area contributed by atoms with Crippen LogP contribution in [0.2, 0.25) is 0 Å². The summed E-state index contributed by atoms with van der Waals surface area (Å²) < 4.78 is 6.95. The van der Waals surface area contributed by atoms with Crippen LogP contribution in [-0.4, -0.2) is 51.1 Å². The molecule has 0 unspecified atom stereocenters. The van der Waals surface area contributed by atoms with E-state index in [0.717, 1.165) is 42.0 Å². The Labute approximate surface area is 168 Å². The van der Waals surface area contributed by atoms with Crippen LogP contribution in [0.4, 0.5) is 11.6 Å². The van der Waals surface area contributed by atoms with Gasteiger partial charge < -0.3 is 19.5 Å². The molecule has 9 nitrogen and oxygen atoms in total. The third-order valence-electron chi connectivity index (χ3n) is 4.83. The monoisotopic (exact) mass is 393 g/mol. The maximum atomic E-state index is 12.5. The number of hydrogen-bond acceptors (Lipinski definition) is 7. The molecular weight excluding hydrogens is 370 g/mol. The van der Waals surface area contributed by atoms with Crippen molar-refractivity contribution in [3.63, 3.8) is 0 Å². The van der Waals surface area contributed by atoms with E-state index in [1.165, 1.54) is 0 Å². The minimum Gasteiger partial charge on any atom is -0.495 e. The molecule has 1 aliphatic rings. The van der Waals surface area contributed by atoms with Gasteiger partial charge in [-0.25, -0.2) is 19.9 Å². The average molecular weight is 393 g/mol. The Hall–Kier alpha value is -3.49. The number of fused-ring (bicyclic) bond motifs is 1. The van der Waals surface area contributed by atoms with E-state index < -0.39 is 0 Å². The van der Waals surface area contributed by atoms with Crippen LogP contribution in [0.5, 0.6) is 5.75 Å². The van der Waals surface area contributed by atoms with E-state index in [2.05, 4.69) is 15.3 Å². The molecule has 4 rings (SSSR count). The zero-order valence-electron chi connectivity index (χ0n) is 16.7.